The Hall–Kier alpha value is -1.81. The van der Waals surface area contributed by atoms with Gasteiger partial charge < -0.3 is 10.1 Å². The monoisotopic (exact) mass is 333 g/mol. The molecule has 0 saturated carbocycles. The van der Waals surface area contributed by atoms with Crippen molar-refractivity contribution in [3.63, 3.8) is 0 Å². The van der Waals surface area contributed by atoms with Crippen LogP contribution in [0.15, 0.2) is 53.0 Å². The fourth-order valence-electron chi connectivity index (χ4n) is 1.95. The number of carbonyl (C=O) groups excluding carboxylic acids is 1. The summed E-state index contributed by atoms with van der Waals surface area (Å²) in [6.07, 6.45) is 0. The molecule has 1 atom stereocenters. The van der Waals surface area contributed by atoms with E-state index in [9.17, 15) is 4.79 Å². The second kappa shape index (κ2) is 6.57. The number of halogens is 1. The van der Waals surface area contributed by atoms with Gasteiger partial charge in [0, 0.05) is 10.2 Å². The van der Waals surface area contributed by atoms with E-state index in [1.165, 1.54) is 7.11 Å². The number of carbonyl (C=O) groups is 1. The van der Waals surface area contributed by atoms with E-state index in [-0.39, 0.29) is 5.97 Å². The Morgan fingerprint density at radius 2 is 1.90 bits per heavy atom. The lowest BCUT2D eigenvalue weighted by molar-refractivity contribution is -0.141. The number of hydrogen-bond acceptors (Lipinski definition) is 3. The molecular formula is C16H16BrNO2. The van der Waals surface area contributed by atoms with E-state index in [0.717, 1.165) is 21.3 Å². The molecule has 1 unspecified atom stereocenters. The highest BCUT2D eigenvalue weighted by molar-refractivity contribution is 9.10. The van der Waals surface area contributed by atoms with E-state index in [1.807, 2.05) is 55.5 Å². The lowest BCUT2D eigenvalue weighted by atomic mass is 10.1. The smallest absolute Gasteiger partial charge is 0.332 e. The van der Waals surface area contributed by atoms with Crippen molar-refractivity contribution < 1.29 is 9.53 Å². The minimum absolute atomic E-state index is 0.311. The molecule has 0 amide bonds. The van der Waals surface area contributed by atoms with Crippen LogP contribution < -0.4 is 5.32 Å². The summed E-state index contributed by atoms with van der Waals surface area (Å²) in [5.41, 5.74) is 2.89. The Kier molecular flexibility index (Phi) is 4.79. The van der Waals surface area contributed by atoms with Crippen molar-refractivity contribution in [2.24, 2.45) is 0 Å². The highest BCUT2D eigenvalue weighted by atomic mass is 79.9. The number of nitrogens with one attached hydrogen (secondary N) is 1. The maximum Gasteiger partial charge on any atom is 0.332 e. The van der Waals surface area contributed by atoms with Crippen LogP contribution in [-0.2, 0) is 9.53 Å². The lowest BCUT2D eigenvalue weighted by Gasteiger charge is -2.18. The van der Waals surface area contributed by atoms with Crippen LogP contribution in [0.1, 0.15) is 17.2 Å². The summed E-state index contributed by atoms with van der Waals surface area (Å²) in [6.45, 7) is 2.01. The van der Waals surface area contributed by atoms with Crippen molar-refractivity contribution in [2.45, 2.75) is 13.0 Å². The minimum atomic E-state index is -0.519. The molecule has 2 aromatic carbocycles. The molecule has 0 radical (unpaired) electrons. The number of ether oxygens (including phenoxy) is 1. The molecule has 0 aliphatic rings. The molecule has 0 saturated heterocycles. The van der Waals surface area contributed by atoms with Gasteiger partial charge in [-0.25, -0.2) is 4.79 Å². The van der Waals surface area contributed by atoms with Gasteiger partial charge in [0.15, 0.2) is 6.04 Å². The van der Waals surface area contributed by atoms with Crippen LogP contribution in [0.2, 0.25) is 0 Å². The molecule has 104 valence electrons. The van der Waals surface area contributed by atoms with Crippen LogP contribution in [0.5, 0.6) is 0 Å². The number of aryl methyl sites for hydroxylation is 1. The summed E-state index contributed by atoms with van der Waals surface area (Å²) >= 11 is 3.39. The third-order valence-electron chi connectivity index (χ3n) is 2.97. The lowest BCUT2D eigenvalue weighted by Crippen LogP contribution is -2.22. The first-order chi connectivity index (χ1) is 9.60. The van der Waals surface area contributed by atoms with E-state index in [1.54, 1.807) is 0 Å². The highest BCUT2D eigenvalue weighted by Gasteiger charge is 2.21. The summed E-state index contributed by atoms with van der Waals surface area (Å²) in [4.78, 5) is 12.0. The van der Waals surface area contributed by atoms with Crippen molar-refractivity contribution >= 4 is 27.6 Å². The molecule has 20 heavy (non-hydrogen) atoms. The summed E-state index contributed by atoms with van der Waals surface area (Å²) in [5.74, 6) is -0.311. The molecule has 0 aliphatic carbocycles. The maximum atomic E-state index is 12.0. The molecule has 2 aromatic rings. The van der Waals surface area contributed by atoms with Crippen molar-refractivity contribution in [3.05, 3.63) is 64.1 Å². The molecule has 0 bridgehead atoms. The standard InChI is InChI=1S/C16H16BrNO2/c1-11-4-3-5-14(10-11)18-15(16(19)20-2)12-6-8-13(17)9-7-12/h3-10,15,18H,1-2H3. The van der Waals surface area contributed by atoms with E-state index < -0.39 is 6.04 Å². The molecule has 0 heterocycles. The Morgan fingerprint density at radius 1 is 1.20 bits per heavy atom. The first-order valence-corrected chi connectivity index (χ1v) is 7.06. The summed E-state index contributed by atoms with van der Waals surface area (Å²) in [5, 5.41) is 3.22. The van der Waals surface area contributed by atoms with Crippen LogP contribution in [0.25, 0.3) is 0 Å². The first kappa shape index (κ1) is 14.6. The molecule has 0 fully saturated rings. The average Bonchev–Trinajstić information content (AvgIpc) is 2.45. The van der Waals surface area contributed by atoms with E-state index >= 15 is 0 Å². The first-order valence-electron chi connectivity index (χ1n) is 6.26. The summed E-state index contributed by atoms with van der Waals surface area (Å²) < 4.78 is 5.86. The number of rotatable bonds is 4. The van der Waals surface area contributed by atoms with Gasteiger partial charge in [0.2, 0.25) is 0 Å². The number of anilines is 1. The van der Waals surface area contributed by atoms with Gasteiger partial charge in [-0.2, -0.15) is 0 Å². The normalized spacial score (nSPS) is 11.8. The number of hydrogen-bond donors (Lipinski definition) is 1. The van der Waals surface area contributed by atoms with E-state index in [0.29, 0.717) is 0 Å². The Morgan fingerprint density at radius 3 is 2.50 bits per heavy atom. The van der Waals surface area contributed by atoms with Crippen molar-refractivity contribution in [1.82, 2.24) is 0 Å². The molecule has 2 rings (SSSR count). The number of benzene rings is 2. The fourth-order valence-corrected chi connectivity index (χ4v) is 2.22. The van der Waals surface area contributed by atoms with Gasteiger partial charge in [0.1, 0.15) is 0 Å². The molecule has 3 nitrogen and oxygen atoms in total. The number of esters is 1. The highest BCUT2D eigenvalue weighted by Crippen LogP contribution is 2.23. The zero-order valence-electron chi connectivity index (χ0n) is 11.4. The van der Waals surface area contributed by atoms with Gasteiger partial charge in [-0.1, -0.05) is 40.2 Å². The average molecular weight is 334 g/mol. The fraction of sp³-hybridized carbons (Fsp3) is 0.188. The maximum absolute atomic E-state index is 12.0. The van der Waals surface area contributed by atoms with Crippen molar-refractivity contribution in [1.29, 1.82) is 0 Å². The zero-order chi connectivity index (χ0) is 14.5. The molecule has 1 N–H and O–H groups in total. The van der Waals surface area contributed by atoms with Crippen LogP contribution in [0.4, 0.5) is 5.69 Å². The summed E-state index contributed by atoms with van der Waals surface area (Å²) in [7, 11) is 1.39. The van der Waals surface area contributed by atoms with Crippen molar-refractivity contribution in [2.75, 3.05) is 12.4 Å². The second-order valence-corrected chi connectivity index (χ2v) is 5.44. The largest absolute Gasteiger partial charge is 0.467 e. The third kappa shape index (κ3) is 3.61. The van der Waals surface area contributed by atoms with Gasteiger partial charge in [-0.05, 0) is 42.3 Å². The van der Waals surface area contributed by atoms with Gasteiger partial charge in [-0.3, -0.25) is 0 Å². The van der Waals surface area contributed by atoms with Gasteiger partial charge in [0.25, 0.3) is 0 Å². The predicted octanol–water partition coefficient (Wildman–Crippen LogP) is 4.08. The van der Waals surface area contributed by atoms with E-state index in [4.69, 9.17) is 4.74 Å². The van der Waals surface area contributed by atoms with Crippen LogP contribution in [0.3, 0.4) is 0 Å². The van der Waals surface area contributed by atoms with Gasteiger partial charge in [-0.15, -0.1) is 0 Å². The van der Waals surface area contributed by atoms with Gasteiger partial charge in [0.05, 0.1) is 7.11 Å². The van der Waals surface area contributed by atoms with Crippen LogP contribution >= 0.6 is 15.9 Å². The van der Waals surface area contributed by atoms with Crippen LogP contribution in [0, 0.1) is 6.92 Å². The third-order valence-corrected chi connectivity index (χ3v) is 3.50. The molecule has 0 aliphatic heterocycles. The Labute approximate surface area is 127 Å². The SMILES string of the molecule is COC(=O)C(Nc1cccc(C)c1)c1ccc(Br)cc1. The quantitative estimate of drug-likeness (QED) is 0.856. The van der Waals surface area contributed by atoms with Gasteiger partial charge >= 0.3 is 5.97 Å². The molecule has 0 spiro atoms. The predicted molar refractivity (Wildman–Crippen MR) is 83.7 cm³/mol. The molecule has 0 aromatic heterocycles. The number of methoxy groups -OCH3 is 1. The zero-order valence-corrected chi connectivity index (χ0v) is 13.0. The van der Waals surface area contributed by atoms with E-state index in [2.05, 4.69) is 21.2 Å². The summed E-state index contributed by atoms with van der Waals surface area (Å²) in [6, 6.07) is 15.0. The Balaban J connectivity index is 2.28. The minimum Gasteiger partial charge on any atom is -0.467 e. The Bertz CT molecular complexity index is 596. The second-order valence-electron chi connectivity index (χ2n) is 4.52. The van der Waals surface area contributed by atoms with Crippen LogP contribution in [-0.4, -0.2) is 13.1 Å². The topological polar surface area (TPSA) is 38.3 Å². The molecular weight excluding hydrogens is 318 g/mol. The van der Waals surface area contributed by atoms with Crippen molar-refractivity contribution in [3.8, 4) is 0 Å². The molecule has 4 heteroatoms.